The van der Waals surface area contributed by atoms with E-state index in [4.69, 9.17) is 5.73 Å². The van der Waals surface area contributed by atoms with E-state index in [1.54, 1.807) is 18.2 Å². The van der Waals surface area contributed by atoms with Crippen molar-refractivity contribution in [2.45, 2.75) is 0 Å². The second-order valence-corrected chi connectivity index (χ2v) is 3.69. The average Bonchev–Trinajstić information content (AvgIpc) is 2.65. The molecule has 76 valence electrons. The first-order chi connectivity index (χ1) is 7.18. The average molecular weight is 267 g/mol. The summed E-state index contributed by atoms with van der Waals surface area (Å²) in [5, 5.41) is 3.74. The van der Waals surface area contributed by atoms with Crippen molar-refractivity contribution in [3.63, 3.8) is 0 Å². The molecule has 0 spiro atoms. The number of benzene rings is 1. The number of nitrogen functional groups attached to an aromatic ring is 1. The lowest BCUT2D eigenvalue weighted by Gasteiger charge is -2.01. The van der Waals surface area contributed by atoms with Gasteiger partial charge in [0.2, 0.25) is 5.95 Å². The van der Waals surface area contributed by atoms with Gasteiger partial charge in [-0.2, -0.15) is 4.68 Å². The van der Waals surface area contributed by atoms with Gasteiger partial charge in [0.05, 0.1) is 5.56 Å². The summed E-state index contributed by atoms with van der Waals surface area (Å²) in [6.07, 6.45) is 1.29. The Hall–Kier alpha value is -1.69. The molecule has 2 aromatic rings. The maximum Gasteiger partial charge on any atom is 0.280 e. The maximum atomic E-state index is 11.9. The normalized spacial score (nSPS) is 10.2. The van der Waals surface area contributed by atoms with Gasteiger partial charge in [0.25, 0.3) is 5.91 Å². The number of rotatable bonds is 1. The SMILES string of the molecule is Nc1ncn(C(=O)c2ccccc2Br)n1. The Kier molecular flexibility index (Phi) is 2.51. The second kappa shape index (κ2) is 3.82. The predicted octanol–water partition coefficient (Wildman–Crippen LogP) is 1.31. The van der Waals surface area contributed by atoms with Crippen LogP contribution in [-0.4, -0.2) is 20.7 Å². The zero-order valence-corrected chi connectivity index (χ0v) is 9.18. The molecule has 1 aromatic carbocycles. The Bertz CT molecular complexity index is 508. The van der Waals surface area contributed by atoms with E-state index in [0.717, 1.165) is 4.68 Å². The van der Waals surface area contributed by atoms with E-state index >= 15 is 0 Å². The molecule has 0 aliphatic heterocycles. The largest absolute Gasteiger partial charge is 0.366 e. The fraction of sp³-hybridized carbons (Fsp3) is 0. The van der Waals surface area contributed by atoms with Crippen molar-refractivity contribution in [1.82, 2.24) is 14.8 Å². The fourth-order valence-corrected chi connectivity index (χ4v) is 1.59. The highest BCUT2D eigenvalue weighted by Gasteiger charge is 2.12. The first kappa shape index (κ1) is 9.85. The van der Waals surface area contributed by atoms with Crippen molar-refractivity contribution in [2.75, 3.05) is 5.73 Å². The van der Waals surface area contributed by atoms with E-state index < -0.39 is 0 Å². The third kappa shape index (κ3) is 1.89. The van der Waals surface area contributed by atoms with Gasteiger partial charge in [0, 0.05) is 4.47 Å². The molecule has 0 unspecified atom stereocenters. The van der Waals surface area contributed by atoms with E-state index in [1.165, 1.54) is 6.33 Å². The van der Waals surface area contributed by atoms with Gasteiger partial charge < -0.3 is 5.73 Å². The van der Waals surface area contributed by atoms with Gasteiger partial charge in [-0.05, 0) is 28.1 Å². The standard InChI is InChI=1S/C9H7BrN4O/c10-7-4-2-1-3-6(7)8(15)14-5-12-9(11)13-14/h1-5H,(H2,11,13). The second-order valence-electron chi connectivity index (χ2n) is 2.83. The minimum absolute atomic E-state index is 0.0791. The van der Waals surface area contributed by atoms with Crippen molar-refractivity contribution >= 4 is 27.8 Å². The Labute approximate surface area is 94.0 Å². The van der Waals surface area contributed by atoms with Gasteiger partial charge in [-0.3, -0.25) is 4.79 Å². The number of nitrogens with two attached hydrogens (primary N) is 1. The molecule has 0 amide bonds. The molecular formula is C9H7BrN4O. The molecule has 0 bridgehead atoms. The zero-order chi connectivity index (χ0) is 10.8. The molecule has 0 atom stereocenters. The summed E-state index contributed by atoms with van der Waals surface area (Å²) in [6.45, 7) is 0. The summed E-state index contributed by atoms with van der Waals surface area (Å²) < 4.78 is 1.82. The molecule has 15 heavy (non-hydrogen) atoms. The van der Waals surface area contributed by atoms with Crippen LogP contribution in [0.15, 0.2) is 35.1 Å². The third-order valence-electron chi connectivity index (χ3n) is 1.82. The van der Waals surface area contributed by atoms with Crippen LogP contribution in [0, 0.1) is 0 Å². The van der Waals surface area contributed by atoms with Crippen LogP contribution >= 0.6 is 15.9 Å². The van der Waals surface area contributed by atoms with E-state index in [1.807, 2.05) is 6.07 Å². The molecule has 0 aliphatic rings. The highest BCUT2D eigenvalue weighted by atomic mass is 79.9. The smallest absolute Gasteiger partial charge is 0.280 e. The molecule has 5 nitrogen and oxygen atoms in total. The van der Waals surface area contributed by atoms with Crippen LogP contribution in [0.4, 0.5) is 5.95 Å². The quantitative estimate of drug-likeness (QED) is 0.845. The van der Waals surface area contributed by atoms with E-state index in [-0.39, 0.29) is 11.9 Å². The lowest BCUT2D eigenvalue weighted by molar-refractivity contribution is 0.0944. The van der Waals surface area contributed by atoms with Crippen LogP contribution in [0.1, 0.15) is 10.4 Å². The van der Waals surface area contributed by atoms with Gasteiger partial charge in [0.1, 0.15) is 6.33 Å². The fourth-order valence-electron chi connectivity index (χ4n) is 1.13. The third-order valence-corrected chi connectivity index (χ3v) is 2.51. The molecule has 1 heterocycles. The van der Waals surface area contributed by atoms with Crippen LogP contribution in [-0.2, 0) is 0 Å². The van der Waals surface area contributed by atoms with Gasteiger partial charge >= 0.3 is 0 Å². The molecule has 0 fully saturated rings. The molecule has 0 saturated heterocycles. The summed E-state index contributed by atoms with van der Waals surface area (Å²) in [6, 6.07) is 7.09. The topological polar surface area (TPSA) is 73.8 Å². The number of aromatic nitrogens is 3. The van der Waals surface area contributed by atoms with Crippen LogP contribution in [0.2, 0.25) is 0 Å². The predicted molar refractivity (Wildman–Crippen MR) is 58.3 cm³/mol. The molecular weight excluding hydrogens is 260 g/mol. The number of hydrogen-bond donors (Lipinski definition) is 1. The van der Waals surface area contributed by atoms with E-state index in [0.29, 0.717) is 10.0 Å². The van der Waals surface area contributed by atoms with Crippen molar-refractivity contribution in [2.24, 2.45) is 0 Å². The van der Waals surface area contributed by atoms with Crippen LogP contribution < -0.4 is 5.73 Å². The van der Waals surface area contributed by atoms with Gasteiger partial charge in [0.15, 0.2) is 0 Å². The van der Waals surface area contributed by atoms with Crippen molar-refractivity contribution < 1.29 is 4.79 Å². The van der Waals surface area contributed by atoms with Crippen molar-refractivity contribution in [1.29, 1.82) is 0 Å². The van der Waals surface area contributed by atoms with E-state index in [9.17, 15) is 4.79 Å². The number of carbonyl (C=O) groups excluding carboxylic acids is 1. The zero-order valence-electron chi connectivity index (χ0n) is 7.59. The number of carbonyl (C=O) groups is 1. The summed E-state index contributed by atoms with van der Waals surface area (Å²) in [7, 11) is 0. The summed E-state index contributed by atoms with van der Waals surface area (Å²) in [5.74, 6) is -0.193. The van der Waals surface area contributed by atoms with Crippen molar-refractivity contribution in [3.05, 3.63) is 40.6 Å². The minimum Gasteiger partial charge on any atom is -0.366 e. The number of nitrogens with zero attached hydrogens (tertiary/aromatic N) is 3. The van der Waals surface area contributed by atoms with Gasteiger partial charge in [-0.1, -0.05) is 12.1 Å². The highest BCUT2D eigenvalue weighted by Crippen LogP contribution is 2.16. The maximum absolute atomic E-state index is 11.9. The molecule has 2 N–H and O–H groups in total. The van der Waals surface area contributed by atoms with Crippen LogP contribution in [0.25, 0.3) is 0 Å². The van der Waals surface area contributed by atoms with Gasteiger partial charge in [-0.15, -0.1) is 5.10 Å². The number of anilines is 1. The summed E-state index contributed by atoms with van der Waals surface area (Å²) >= 11 is 3.29. The highest BCUT2D eigenvalue weighted by molar-refractivity contribution is 9.10. The Morgan fingerprint density at radius 3 is 2.73 bits per heavy atom. The Morgan fingerprint density at radius 2 is 2.13 bits per heavy atom. The number of hydrogen-bond acceptors (Lipinski definition) is 4. The molecule has 0 aliphatic carbocycles. The number of halogens is 1. The minimum atomic E-state index is -0.272. The first-order valence-corrected chi connectivity index (χ1v) is 4.94. The molecule has 2 rings (SSSR count). The molecule has 0 saturated carbocycles. The van der Waals surface area contributed by atoms with Crippen LogP contribution in [0.3, 0.4) is 0 Å². The summed E-state index contributed by atoms with van der Waals surface area (Å²) in [4.78, 5) is 15.5. The van der Waals surface area contributed by atoms with Gasteiger partial charge in [-0.25, -0.2) is 4.98 Å². The Morgan fingerprint density at radius 1 is 1.40 bits per heavy atom. The molecule has 1 aromatic heterocycles. The molecule has 6 heteroatoms. The lowest BCUT2D eigenvalue weighted by Crippen LogP contribution is -2.13. The first-order valence-electron chi connectivity index (χ1n) is 4.15. The van der Waals surface area contributed by atoms with E-state index in [2.05, 4.69) is 26.0 Å². The summed E-state index contributed by atoms with van der Waals surface area (Å²) in [5.41, 5.74) is 5.84. The van der Waals surface area contributed by atoms with Crippen molar-refractivity contribution in [3.8, 4) is 0 Å². The Balaban J connectivity index is 2.41. The monoisotopic (exact) mass is 266 g/mol. The van der Waals surface area contributed by atoms with Crippen LogP contribution in [0.5, 0.6) is 0 Å². The lowest BCUT2D eigenvalue weighted by atomic mass is 10.2. The molecule has 0 radical (unpaired) electrons.